The Morgan fingerprint density at radius 2 is 2.08 bits per heavy atom. The molecule has 0 aromatic carbocycles. The maximum atomic E-state index is 6.02. The smallest absolute Gasteiger partial charge is 0.0876 e. The standard InChI is InChI=1S/C10H22N2O/c1-8(2)12-5-6-13-9(7-12)10(3,4)11/h8-9H,5-7,11H2,1-4H3. The third-order valence-electron chi connectivity index (χ3n) is 2.66. The summed E-state index contributed by atoms with van der Waals surface area (Å²) in [4.78, 5) is 2.42. The number of hydrogen-bond donors (Lipinski definition) is 1. The second-order valence-corrected chi connectivity index (χ2v) is 4.77. The number of rotatable bonds is 2. The van der Waals surface area contributed by atoms with E-state index >= 15 is 0 Å². The molecular formula is C10H22N2O. The van der Waals surface area contributed by atoms with Crippen molar-refractivity contribution in [2.24, 2.45) is 5.73 Å². The van der Waals surface area contributed by atoms with Gasteiger partial charge in [-0.1, -0.05) is 0 Å². The monoisotopic (exact) mass is 186 g/mol. The highest BCUT2D eigenvalue weighted by Crippen LogP contribution is 2.16. The van der Waals surface area contributed by atoms with E-state index in [-0.39, 0.29) is 11.6 Å². The van der Waals surface area contributed by atoms with Crippen molar-refractivity contribution in [2.45, 2.75) is 45.4 Å². The van der Waals surface area contributed by atoms with Crippen LogP contribution < -0.4 is 5.73 Å². The lowest BCUT2D eigenvalue weighted by molar-refractivity contribution is -0.0669. The van der Waals surface area contributed by atoms with Crippen molar-refractivity contribution >= 4 is 0 Å². The predicted molar refractivity (Wildman–Crippen MR) is 54.7 cm³/mol. The molecule has 0 bridgehead atoms. The van der Waals surface area contributed by atoms with Crippen molar-refractivity contribution in [3.05, 3.63) is 0 Å². The average molecular weight is 186 g/mol. The minimum atomic E-state index is -0.229. The molecule has 13 heavy (non-hydrogen) atoms. The van der Waals surface area contributed by atoms with Crippen LogP contribution in [-0.2, 0) is 4.74 Å². The summed E-state index contributed by atoms with van der Waals surface area (Å²) in [6, 6.07) is 0.591. The van der Waals surface area contributed by atoms with E-state index in [9.17, 15) is 0 Å². The van der Waals surface area contributed by atoms with Crippen LogP contribution in [0.15, 0.2) is 0 Å². The van der Waals surface area contributed by atoms with E-state index in [1.54, 1.807) is 0 Å². The van der Waals surface area contributed by atoms with Crippen LogP contribution in [0.4, 0.5) is 0 Å². The van der Waals surface area contributed by atoms with E-state index in [2.05, 4.69) is 18.7 Å². The molecular weight excluding hydrogens is 164 g/mol. The second kappa shape index (κ2) is 3.95. The SMILES string of the molecule is CC(C)N1CCOC(C(C)(C)N)C1. The molecule has 3 nitrogen and oxygen atoms in total. The Kier molecular flexibility index (Phi) is 3.33. The topological polar surface area (TPSA) is 38.5 Å². The molecule has 3 heteroatoms. The zero-order chi connectivity index (χ0) is 10.1. The minimum Gasteiger partial charge on any atom is -0.374 e. The molecule has 1 aliphatic heterocycles. The van der Waals surface area contributed by atoms with Gasteiger partial charge in [0.2, 0.25) is 0 Å². The van der Waals surface area contributed by atoms with Gasteiger partial charge in [-0.3, -0.25) is 4.90 Å². The summed E-state index contributed by atoms with van der Waals surface area (Å²) in [6.07, 6.45) is 0.170. The van der Waals surface area contributed by atoms with Crippen LogP contribution in [0.5, 0.6) is 0 Å². The summed E-state index contributed by atoms with van der Waals surface area (Å²) in [5.41, 5.74) is 5.79. The van der Waals surface area contributed by atoms with Crippen LogP contribution in [0.1, 0.15) is 27.7 Å². The van der Waals surface area contributed by atoms with Gasteiger partial charge < -0.3 is 10.5 Å². The van der Waals surface area contributed by atoms with Gasteiger partial charge in [-0.15, -0.1) is 0 Å². The van der Waals surface area contributed by atoms with Crippen LogP contribution in [0.3, 0.4) is 0 Å². The summed E-state index contributed by atoms with van der Waals surface area (Å²) in [7, 11) is 0. The Hall–Kier alpha value is -0.120. The first-order valence-corrected chi connectivity index (χ1v) is 5.06. The van der Waals surface area contributed by atoms with Crippen molar-refractivity contribution in [1.29, 1.82) is 0 Å². The third kappa shape index (κ3) is 2.93. The molecule has 0 amide bonds. The van der Waals surface area contributed by atoms with Crippen molar-refractivity contribution < 1.29 is 4.74 Å². The highest BCUT2D eigenvalue weighted by Gasteiger charge is 2.31. The molecule has 0 radical (unpaired) electrons. The number of morpholine rings is 1. The number of hydrogen-bond acceptors (Lipinski definition) is 3. The van der Waals surface area contributed by atoms with Gasteiger partial charge in [0.15, 0.2) is 0 Å². The first kappa shape index (κ1) is 11.0. The van der Waals surface area contributed by atoms with Gasteiger partial charge in [0.1, 0.15) is 0 Å². The molecule has 0 saturated carbocycles. The minimum absolute atomic E-state index is 0.170. The summed E-state index contributed by atoms with van der Waals surface area (Å²) >= 11 is 0. The lowest BCUT2D eigenvalue weighted by Crippen LogP contribution is -2.57. The molecule has 2 N–H and O–H groups in total. The van der Waals surface area contributed by atoms with Crippen molar-refractivity contribution in [3.8, 4) is 0 Å². The van der Waals surface area contributed by atoms with Gasteiger partial charge in [-0.05, 0) is 27.7 Å². The Morgan fingerprint density at radius 1 is 1.46 bits per heavy atom. The zero-order valence-corrected chi connectivity index (χ0v) is 9.21. The Labute approximate surface area is 81.2 Å². The predicted octanol–water partition coefficient (Wildman–Crippen LogP) is 0.833. The number of nitrogens with two attached hydrogens (primary N) is 1. The van der Waals surface area contributed by atoms with E-state index in [4.69, 9.17) is 10.5 Å². The molecule has 1 unspecified atom stereocenters. The van der Waals surface area contributed by atoms with E-state index in [1.807, 2.05) is 13.8 Å². The number of ether oxygens (including phenoxy) is 1. The van der Waals surface area contributed by atoms with Gasteiger partial charge in [-0.2, -0.15) is 0 Å². The zero-order valence-electron chi connectivity index (χ0n) is 9.21. The molecule has 1 fully saturated rings. The average Bonchev–Trinajstić information content (AvgIpc) is 2.03. The first-order chi connectivity index (χ1) is 5.91. The molecule has 1 atom stereocenters. The molecule has 1 heterocycles. The van der Waals surface area contributed by atoms with E-state index in [1.165, 1.54) is 0 Å². The third-order valence-corrected chi connectivity index (χ3v) is 2.66. The van der Waals surface area contributed by atoms with Crippen LogP contribution in [0.25, 0.3) is 0 Å². The Balaban J connectivity index is 2.52. The van der Waals surface area contributed by atoms with E-state index in [0.717, 1.165) is 19.7 Å². The maximum Gasteiger partial charge on any atom is 0.0876 e. The Morgan fingerprint density at radius 3 is 2.54 bits per heavy atom. The van der Waals surface area contributed by atoms with E-state index < -0.39 is 0 Å². The molecule has 78 valence electrons. The van der Waals surface area contributed by atoms with Crippen LogP contribution >= 0.6 is 0 Å². The fraction of sp³-hybridized carbons (Fsp3) is 1.00. The van der Waals surface area contributed by atoms with Gasteiger partial charge in [0, 0.05) is 24.7 Å². The summed E-state index contributed by atoms with van der Waals surface area (Å²) in [5, 5.41) is 0. The highest BCUT2D eigenvalue weighted by atomic mass is 16.5. The number of nitrogens with zero attached hydrogens (tertiary/aromatic N) is 1. The van der Waals surface area contributed by atoms with Gasteiger partial charge in [0.25, 0.3) is 0 Å². The van der Waals surface area contributed by atoms with Gasteiger partial charge in [0.05, 0.1) is 12.7 Å². The Bertz CT molecular complexity index is 163. The second-order valence-electron chi connectivity index (χ2n) is 4.77. The molecule has 1 rings (SSSR count). The molecule has 1 aliphatic rings. The van der Waals surface area contributed by atoms with E-state index in [0.29, 0.717) is 6.04 Å². The van der Waals surface area contributed by atoms with Crippen molar-refractivity contribution in [2.75, 3.05) is 19.7 Å². The lowest BCUT2D eigenvalue weighted by atomic mass is 9.97. The van der Waals surface area contributed by atoms with Crippen LogP contribution in [-0.4, -0.2) is 42.3 Å². The summed E-state index contributed by atoms with van der Waals surface area (Å²) in [6.45, 7) is 11.3. The fourth-order valence-corrected chi connectivity index (χ4v) is 1.59. The van der Waals surface area contributed by atoms with Gasteiger partial charge in [-0.25, -0.2) is 0 Å². The highest BCUT2D eigenvalue weighted by molar-refractivity contribution is 4.88. The molecule has 0 aromatic rings. The van der Waals surface area contributed by atoms with Gasteiger partial charge >= 0.3 is 0 Å². The first-order valence-electron chi connectivity index (χ1n) is 5.06. The summed E-state index contributed by atoms with van der Waals surface area (Å²) < 4.78 is 5.66. The molecule has 0 aromatic heterocycles. The molecule has 0 spiro atoms. The van der Waals surface area contributed by atoms with Crippen molar-refractivity contribution in [1.82, 2.24) is 4.90 Å². The maximum absolute atomic E-state index is 6.02. The lowest BCUT2D eigenvalue weighted by Gasteiger charge is -2.41. The quantitative estimate of drug-likeness (QED) is 0.694. The molecule has 0 aliphatic carbocycles. The van der Waals surface area contributed by atoms with Crippen molar-refractivity contribution in [3.63, 3.8) is 0 Å². The fourth-order valence-electron chi connectivity index (χ4n) is 1.59. The molecule has 1 saturated heterocycles. The normalized spacial score (nSPS) is 26.8. The summed E-state index contributed by atoms with van der Waals surface area (Å²) in [5.74, 6) is 0. The van der Waals surface area contributed by atoms with Crippen LogP contribution in [0.2, 0.25) is 0 Å². The van der Waals surface area contributed by atoms with Crippen LogP contribution in [0, 0.1) is 0 Å². The largest absolute Gasteiger partial charge is 0.374 e.